The zero-order chi connectivity index (χ0) is 20.6. The third kappa shape index (κ3) is 7.61. The van der Waals surface area contributed by atoms with Crippen LogP contribution >= 0.6 is 11.6 Å². The summed E-state index contributed by atoms with van der Waals surface area (Å²) in [5.74, 6) is 0.167. The molecule has 5 nitrogen and oxygen atoms in total. The lowest BCUT2D eigenvalue weighted by Crippen LogP contribution is -2.44. The first-order valence-electron chi connectivity index (χ1n) is 9.10. The number of amides is 1. The van der Waals surface area contributed by atoms with E-state index in [2.05, 4.69) is 5.32 Å². The van der Waals surface area contributed by atoms with Gasteiger partial charge < -0.3 is 14.8 Å². The second kappa shape index (κ2) is 10.1. The lowest BCUT2D eigenvalue weighted by molar-refractivity contribution is -0.124. The van der Waals surface area contributed by atoms with Gasteiger partial charge in [-0.05, 0) is 44.0 Å². The number of halogens is 1. The van der Waals surface area contributed by atoms with Crippen LogP contribution in [0.5, 0.6) is 5.75 Å². The quantitative estimate of drug-likeness (QED) is 0.658. The number of benzene rings is 2. The number of alkyl carbamates (subject to hydrolysis) is 1. The Hall–Kier alpha value is -2.53. The van der Waals surface area contributed by atoms with Gasteiger partial charge >= 0.3 is 6.09 Å². The Labute approximate surface area is 171 Å². The monoisotopic (exact) mass is 403 g/mol. The highest BCUT2D eigenvalue weighted by atomic mass is 35.5. The molecule has 150 valence electrons. The normalized spacial score (nSPS) is 12.1. The van der Waals surface area contributed by atoms with Crippen molar-refractivity contribution in [3.63, 3.8) is 0 Å². The molecular weight excluding hydrogens is 378 g/mol. The van der Waals surface area contributed by atoms with Gasteiger partial charge in [-0.25, -0.2) is 4.79 Å². The molecule has 6 heteroatoms. The Morgan fingerprint density at radius 2 is 1.64 bits per heavy atom. The van der Waals surface area contributed by atoms with Crippen LogP contribution in [0, 0.1) is 0 Å². The number of carbonyl (C=O) groups excluding carboxylic acids is 2. The first kappa shape index (κ1) is 21.8. The molecular formula is C22H26ClNO4. The minimum Gasteiger partial charge on any atom is -0.489 e. The molecule has 0 unspecified atom stereocenters. The van der Waals surface area contributed by atoms with Crippen LogP contribution in [0.15, 0.2) is 54.6 Å². The smallest absolute Gasteiger partial charge is 0.408 e. The fourth-order valence-electron chi connectivity index (χ4n) is 2.45. The van der Waals surface area contributed by atoms with E-state index in [9.17, 15) is 9.59 Å². The highest BCUT2D eigenvalue weighted by molar-refractivity contribution is 6.28. The van der Waals surface area contributed by atoms with Gasteiger partial charge in [-0.1, -0.05) is 42.5 Å². The number of rotatable bonds is 8. The molecule has 0 heterocycles. The molecule has 0 bridgehead atoms. The van der Waals surface area contributed by atoms with Crippen molar-refractivity contribution in [1.29, 1.82) is 0 Å². The lowest BCUT2D eigenvalue weighted by atomic mass is 10.1. The van der Waals surface area contributed by atoms with Gasteiger partial charge in [0.1, 0.15) is 12.4 Å². The van der Waals surface area contributed by atoms with Crippen LogP contribution < -0.4 is 10.1 Å². The maximum atomic E-state index is 12.1. The van der Waals surface area contributed by atoms with E-state index in [1.807, 2.05) is 75.4 Å². The Kier molecular flexibility index (Phi) is 7.88. The molecule has 0 saturated carbocycles. The average Bonchev–Trinajstić information content (AvgIpc) is 2.65. The van der Waals surface area contributed by atoms with Crippen LogP contribution in [0.1, 0.15) is 31.9 Å². The summed E-state index contributed by atoms with van der Waals surface area (Å²) in [7, 11) is 0. The van der Waals surface area contributed by atoms with Gasteiger partial charge in [0.05, 0.1) is 5.88 Å². The van der Waals surface area contributed by atoms with Gasteiger partial charge in [0.2, 0.25) is 0 Å². The van der Waals surface area contributed by atoms with E-state index >= 15 is 0 Å². The summed E-state index contributed by atoms with van der Waals surface area (Å²) in [6.45, 7) is 5.98. The maximum Gasteiger partial charge on any atom is 0.408 e. The van der Waals surface area contributed by atoms with E-state index in [1.54, 1.807) is 0 Å². The molecule has 1 N–H and O–H groups in total. The number of carbonyl (C=O) groups is 2. The molecule has 0 spiro atoms. The predicted molar refractivity (Wildman–Crippen MR) is 110 cm³/mol. The number of hydrogen-bond acceptors (Lipinski definition) is 4. The van der Waals surface area contributed by atoms with Crippen LogP contribution in [0.4, 0.5) is 4.79 Å². The second-order valence-corrected chi connectivity index (χ2v) is 7.76. The van der Waals surface area contributed by atoms with Crippen LogP contribution in [-0.4, -0.2) is 29.4 Å². The molecule has 0 aliphatic rings. The topological polar surface area (TPSA) is 64.6 Å². The highest BCUT2D eigenvalue weighted by Crippen LogP contribution is 2.17. The van der Waals surface area contributed by atoms with Crippen molar-refractivity contribution in [2.24, 2.45) is 0 Å². The number of alkyl halides is 1. The molecule has 1 atom stereocenters. The zero-order valence-corrected chi connectivity index (χ0v) is 17.2. The van der Waals surface area contributed by atoms with Crippen molar-refractivity contribution in [1.82, 2.24) is 5.32 Å². The van der Waals surface area contributed by atoms with Gasteiger partial charge in [0.15, 0.2) is 11.9 Å². The van der Waals surface area contributed by atoms with Gasteiger partial charge in [-0.3, -0.25) is 4.79 Å². The Bertz CT molecular complexity index is 769. The SMILES string of the molecule is CC(C)(C)NC(=O)O[C@@H](Cc1ccc(OCc2ccccc2)cc1)C(=O)CCl. The summed E-state index contributed by atoms with van der Waals surface area (Å²) in [5, 5.41) is 2.68. The Balaban J connectivity index is 1.96. The fourth-order valence-corrected chi connectivity index (χ4v) is 2.62. The van der Waals surface area contributed by atoms with Crippen molar-refractivity contribution in [2.45, 2.75) is 45.4 Å². The van der Waals surface area contributed by atoms with Crippen molar-refractivity contribution >= 4 is 23.5 Å². The number of hydrogen-bond donors (Lipinski definition) is 1. The largest absolute Gasteiger partial charge is 0.489 e. The highest BCUT2D eigenvalue weighted by Gasteiger charge is 2.24. The molecule has 0 aromatic heterocycles. The summed E-state index contributed by atoms with van der Waals surface area (Å²) < 4.78 is 11.1. The summed E-state index contributed by atoms with van der Waals surface area (Å²) in [5.41, 5.74) is 1.47. The van der Waals surface area contributed by atoms with E-state index in [4.69, 9.17) is 21.1 Å². The second-order valence-electron chi connectivity index (χ2n) is 7.49. The maximum absolute atomic E-state index is 12.1. The molecule has 2 aromatic rings. The van der Waals surface area contributed by atoms with Crippen molar-refractivity contribution < 1.29 is 19.1 Å². The molecule has 0 aliphatic heterocycles. The Morgan fingerprint density at radius 3 is 2.21 bits per heavy atom. The van der Waals surface area contributed by atoms with Crippen molar-refractivity contribution in [3.8, 4) is 5.75 Å². The van der Waals surface area contributed by atoms with E-state index in [-0.39, 0.29) is 18.1 Å². The van der Waals surface area contributed by atoms with Crippen LogP contribution in [0.3, 0.4) is 0 Å². The molecule has 0 saturated heterocycles. The zero-order valence-electron chi connectivity index (χ0n) is 16.4. The molecule has 0 fully saturated rings. The number of nitrogens with one attached hydrogen (secondary N) is 1. The van der Waals surface area contributed by atoms with E-state index < -0.39 is 17.7 Å². The number of ether oxygens (including phenoxy) is 2. The average molecular weight is 404 g/mol. The molecule has 1 amide bonds. The van der Waals surface area contributed by atoms with E-state index in [0.717, 1.165) is 16.9 Å². The molecule has 2 rings (SSSR count). The summed E-state index contributed by atoms with van der Waals surface area (Å²) in [6.07, 6.45) is -1.32. The molecule has 28 heavy (non-hydrogen) atoms. The third-order valence-corrected chi connectivity index (χ3v) is 4.07. The van der Waals surface area contributed by atoms with Gasteiger partial charge in [0, 0.05) is 12.0 Å². The predicted octanol–water partition coefficient (Wildman–Crippen LogP) is 4.51. The molecule has 2 aromatic carbocycles. The van der Waals surface area contributed by atoms with E-state index in [0.29, 0.717) is 6.61 Å². The molecule has 0 aliphatic carbocycles. The number of ketones is 1. The van der Waals surface area contributed by atoms with Gasteiger partial charge in [-0.15, -0.1) is 11.6 Å². The van der Waals surface area contributed by atoms with Gasteiger partial charge in [0.25, 0.3) is 0 Å². The third-order valence-electron chi connectivity index (χ3n) is 3.81. The minimum atomic E-state index is -0.934. The molecule has 0 radical (unpaired) electrons. The first-order valence-corrected chi connectivity index (χ1v) is 9.63. The summed E-state index contributed by atoms with van der Waals surface area (Å²) >= 11 is 5.67. The lowest BCUT2D eigenvalue weighted by Gasteiger charge is -2.23. The van der Waals surface area contributed by atoms with Crippen LogP contribution in [0.25, 0.3) is 0 Å². The summed E-state index contributed by atoms with van der Waals surface area (Å²) in [4.78, 5) is 24.1. The number of Topliss-reactive ketones (excluding diaryl/α,β-unsaturated/α-hetero) is 1. The van der Waals surface area contributed by atoms with Crippen LogP contribution in [-0.2, 0) is 22.6 Å². The Morgan fingerprint density at radius 1 is 1.00 bits per heavy atom. The van der Waals surface area contributed by atoms with Gasteiger partial charge in [-0.2, -0.15) is 0 Å². The minimum absolute atomic E-state index is 0.217. The summed E-state index contributed by atoms with van der Waals surface area (Å²) in [6, 6.07) is 17.2. The van der Waals surface area contributed by atoms with E-state index in [1.165, 1.54) is 0 Å². The standard InChI is InChI=1S/C22H26ClNO4/c1-22(2,3)24-21(26)28-20(19(25)14-23)13-16-9-11-18(12-10-16)27-15-17-7-5-4-6-8-17/h4-12,20H,13-15H2,1-3H3,(H,24,26)/t20-/m0/s1. The van der Waals surface area contributed by atoms with Crippen LogP contribution in [0.2, 0.25) is 0 Å². The first-order chi connectivity index (χ1) is 13.3. The van der Waals surface area contributed by atoms with Crippen molar-refractivity contribution in [2.75, 3.05) is 5.88 Å². The fraction of sp³-hybridized carbons (Fsp3) is 0.364. The van der Waals surface area contributed by atoms with Crippen molar-refractivity contribution in [3.05, 3.63) is 65.7 Å².